The Bertz CT molecular complexity index is 445. The van der Waals surface area contributed by atoms with Crippen molar-refractivity contribution in [1.29, 1.82) is 0 Å². The summed E-state index contributed by atoms with van der Waals surface area (Å²) in [5, 5.41) is 3.94. The Kier molecular flexibility index (Phi) is 5.00. The summed E-state index contributed by atoms with van der Waals surface area (Å²) in [6.45, 7) is 5.89. The summed E-state index contributed by atoms with van der Waals surface area (Å²) in [6, 6.07) is 9.88. The van der Waals surface area contributed by atoms with E-state index in [-0.39, 0.29) is 0 Å². The molecule has 0 amide bonds. The monoisotopic (exact) mass is 285 g/mol. The Balaban J connectivity index is 1.76. The fourth-order valence-electron chi connectivity index (χ4n) is 4.56. The number of aryl methyl sites for hydroxylation is 1. The number of hydrogen-bond donors (Lipinski definition) is 1. The minimum Gasteiger partial charge on any atom is -0.313 e. The lowest BCUT2D eigenvalue weighted by Gasteiger charge is -2.37. The van der Waals surface area contributed by atoms with Crippen molar-refractivity contribution < 1.29 is 0 Å². The van der Waals surface area contributed by atoms with Crippen molar-refractivity contribution in [2.75, 3.05) is 6.54 Å². The van der Waals surface area contributed by atoms with Gasteiger partial charge < -0.3 is 5.32 Å². The zero-order chi connectivity index (χ0) is 14.7. The molecule has 1 fully saturated rings. The quantitative estimate of drug-likeness (QED) is 0.810. The van der Waals surface area contributed by atoms with Crippen LogP contribution in [0.2, 0.25) is 0 Å². The van der Waals surface area contributed by atoms with E-state index in [1.165, 1.54) is 51.5 Å². The highest BCUT2D eigenvalue weighted by atomic mass is 14.9. The van der Waals surface area contributed by atoms with Crippen molar-refractivity contribution in [2.45, 2.75) is 70.8 Å². The fourth-order valence-corrected chi connectivity index (χ4v) is 4.56. The minimum absolute atomic E-state index is 0.709. The largest absolute Gasteiger partial charge is 0.313 e. The van der Waals surface area contributed by atoms with Gasteiger partial charge in [0.1, 0.15) is 0 Å². The Morgan fingerprint density at radius 2 is 1.86 bits per heavy atom. The number of fused-ring (bicyclic) bond motifs is 1. The molecule has 1 aromatic carbocycles. The van der Waals surface area contributed by atoms with Gasteiger partial charge in [-0.3, -0.25) is 0 Å². The van der Waals surface area contributed by atoms with E-state index in [9.17, 15) is 0 Å². The number of hydrogen-bond acceptors (Lipinski definition) is 1. The van der Waals surface area contributed by atoms with E-state index in [0.717, 1.165) is 17.8 Å². The van der Waals surface area contributed by atoms with E-state index in [1.807, 2.05) is 0 Å². The first-order valence-corrected chi connectivity index (χ1v) is 9.10. The first kappa shape index (κ1) is 15.1. The van der Waals surface area contributed by atoms with E-state index in [4.69, 9.17) is 0 Å². The maximum absolute atomic E-state index is 3.94. The summed E-state index contributed by atoms with van der Waals surface area (Å²) in [5.74, 6) is 2.60. The van der Waals surface area contributed by atoms with Crippen LogP contribution in [0.25, 0.3) is 0 Å². The van der Waals surface area contributed by atoms with Gasteiger partial charge in [0, 0.05) is 12.0 Å². The molecule has 0 aromatic heterocycles. The standard InChI is InChI=1S/C20H31N/c1-3-14-21-20(17-10-8-15(2)9-11-17)19-13-12-16-6-4-5-7-18(16)19/h4-7,15,17,19-21H,3,8-14H2,1-2H3. The van der Waals surface area contributed by atoms with Gasteiger partial charge in [0.2, 0.25) is 0 Å². The van der Waals surface area contributed by atoms with Gasteiger partial charge in [0.15, 0.2) is 0 Å². The third kappa shape index (κ3) is 3.34. The average Bonchev–Trinajstić information content (AvgIpc) is 2.93. The molecule has 2 aliphatic carbocycles. The summed E-state index contributed by atoms with van der Waals surface area (Å²) in [4.78, 5) is 0. The molecule has 21 heavy (non-hydrogen) atoms. The van der Waals surface area contributed by atoms with Gasteiger partial charge in [0.05, 0.1) is 0 Å². The van der Waals surface area contributed by atoms with E-state index >= 15 is 0 Å². The van der Waals surface area contributed by atoms with Crippen molar-refractivity contribution in [2.24, 2.45) is 11.8 Å². The SMILES string of the molecule is CCCNC(C1CCC(C)CC1)C1CCc2ccccc21. The summed E-state index contributed by atoms with van der Waals surface area (Å²) < 4.78 is 0. The average molecular weight is 285 g/mol. The zero-order valence-electron chi connectivity index (χ0n) is 13.8. The van der Waals surface area contributed by atoms with E-state index in [0.29, 0.717) is 6.04 Å². The Labute approximate surface area is 130 Å². The molecule has 0 saturated heterocycles. The maximum Gasteiger partial charge on any atom is 0.0164 e. The third-order valence-electron chi connectivity index (χ3n) is 5.81. The van der Waals surface area contributed by atoms with Gasteiger partial charge in [-0.1, -0.05) is 51.0 Å². The van der Waals surface area contributed by atoms with Gasteiger partial charge in [-0.2, -0.15) is 0 Å². The van der Waals surface area contributed by atoms with Crippen LogP contribution in [-0.4, -0.2) is 12.6 Å². The van der Waals surface area contributed by atoms with E-state index in [2.05, 4.69) is 43.4 Å². The number of rotatable bonds is 5. The zero-order valence-corrected chi connectivity index (χ0v) is 13.8. The molecule has 0 spiro atoms. The Morgan fingerprint density at radius 1 is 1.10 bits per heavy atom. The summed E-state index contributed by atoms with van der Waals surface area (Å²) in [7, 11) is 0. The van der Waals surface area contributed by atoms with Crippen molar-refractivity contribution in [1.82, 2.24) is 5.32 Å². The van der Waals surface area contributed by atoms with Gasteiger partial charge in [-0.15, -0.1) is 0 Å². The molecular weight excluding hydrogens is 254 g/mol. The van der Waals surface area contributed by atoms with Crippen LogP contribution in [0.1, 0.15) is 69.4 Å². The van der Waals surface area contributed by atoms with Gasteiger partial charge >= 0.3 is 0 Å². The van der Waals surface area contributed by atoms with Crippen LogP contribution < -0.4 is 5.32 Å². The van der Waals surface area contributed by atoms with E-state index in [1.54, 1.807) is 11.1 Å². The van der Waals surface area contributed by atoms with Crippen LogP contribution in [0.3, 0.4) is 0 Å². The van der Waals surface area contributed by atoms with Gasteiger partial charge in [0.25, 0.3) is 0 Å². The van der Waals surface area contributed by atoms with Crippen LogP contribution in [0, 0.1) is 11.8 Å². The lowest BCUT2D eigenvalue weighted by atomic mass is 9.74. The first-order chi connectivity index (χ1) is 10.3. The second-order valence-electron chi connectivity index (χ2n) is 7.34. The smallest absolute Gasteiger partial charge is 0.0164 e. The lowest BCUT2D eigenvalue weighted by molar-refractivity contribution is 0.208. The second-order valence-corrected chi connectivity index (χ2v) is 7.34. The molecule has 0 aliphatic heterocycles. The normalized spacial score (nSPS) is 30.1. The topological polar surface area (TPSA) is 12.0 Å². The molecule has 1 aromatic rings. The molecule has 2 atom stereocenters. The van der Waals surface area contributed by atoms with Crippen LogP contribution in [0.15, 0.2) is 24.3 Å². The molecule has 1 saturated carbocycles. The second kappa shape index (κ2) is 6.96. The molecule has 1 nitrogen and oxygen atoms in total. The molecule has 0 radical (unpaired) electrons. The molecule has 1 N–H and O–H groups in total. The molecule has 116 valence electrons. The molecule has 0 bridgehead atoms. The molecule has 0 heterocycles. The van der Waals surface area contributed by atoms with Crippen LogP contribution in [-0.2, 0) is 6.42 Å². The molecule has 3 rings (SSSR count). The third-order valence-corrected chi connectivity index (χ3v) is 5.81. The molecule has 1 heteroatoms. The van der Waals surface area contributed by atoms with E-state index < -0.39 is 0 Å². The summed E-state index contributed by atoms with van der Waals surface area (Å²) >= 11 is 0. The van der Waals surface area contributed by atoms with Crippen LogP contribution in [0.5, 0.6) is 0 Å². The van der Waals surface area contributed by atoms with Crippen molar-refractivity contribution >= 4 is 0 Å². The van der Waals surface area contributed by atoms with Gasteiger partial charge in [-0.25, -0.2) is 0 Å². The Morgan fingerprint density at radius 3 is 2.62 bits per heavy atom. The molecule has 2 aliphatic rings. The highest BCUT2D eigenvalue weighted by molar-refractivity contribution is 5.36. The highest BCUT2D eigenvalue weighted by Gasteiger charge is 2.35. The lowest BCUT2D eigenvalue weighted by Crippen LogP contribution is -2.42. The first-order valence-electron chi connectivity index (χ1n) is 9.10. The van der Waals surface area contributed by atoms with Crippen molar-refractivity contribution in [3.8, 4) is 0 Å². The summed E-state index contributed by atoms with van der Waals surface area (Å²) in [6.07, 6.45) is 9.62. The van der Waals surface area contributed by atoms with Crippen LogP contribution >= 0.6 is 0 Å². The van der Waals surface area contributed by atoms with Gasteiger partial charge in [-0.05, 0) is 61.6 Å². The fraction of sp³-hybridized carbons (Fsp3) is 0.700. The maximum atomic E-state index is 3.94. The number of benzene rings is 1. The van der Waals surface area contributed by atoms with Crippen LogP contribution in [0.4, 0.5) is 0 Å². The molecule has 2 unspecified atom stereocenters. The highest BCUT2D eigenvalue weighted by Crippen LogP contribution is 2.41. The summed E-state index contributed by atoms with van der Waals surface area (Å²) in [5.41, 5.74) is 3.25. The number of nitrogens with one attached hydrogen (secondary N) is 1. The predicted molar refractivity (Wildman–Crippen MR) is 90.7 cm³/mol. The predicted octanol–water partition coefficient (Wildman–Crippen LogP) is 4.91. The molecular formula is C20H31N. The van der Waals surface area contributed by atoms with Crippen molar-refractivity contribution in [3.63, 3.8) is 0 Å². The van der Waals surface area contributed by atoms with Crippen molar-refractivity contribution in [3.05, 3.63) is 35.4 Å². The Hall–Kier alpha value is -0.820. The minimum atomic E-state index is 0.709.